The van der Waals surface area contributed by atoms with E-state index >= 15 is 0 Å². The quantitative estimate of drug-likeness (QED) is 0.840. The van der Waals surface area contributed by atoms with Gasteiger partial charge in [0.05, 0.1) is 10.5 Å². The van der Waals surface area contributed by atoms with Crippen LogP contribution in [0.1, 0.15) is 25.3 Å². The molecule has 0 amide bonds. The summed E-state index contributed by atoms with van der Waals surface area (Å²) in [6.45, 7) is 1.66. The summed E-state index contributed by atoms with van der Waals surface area (Å²) in [4.78, 5) is 10.3. The number of rotatable bonds is 6. The Labute approximate surface area is 119 Å². The molecule has 0 fully saturated rings. The first kappa shape index (κ1) is 17.4. The van der Waals surface area contributed by atoms with Crippen LogP contribution in [-0.4, -0.2) is 25.5 Å². The van der Waals surface area contributed by atoms with E-state index in [1.54, 1.807) is 6.92 Å². The molecule has 9 heteroatoms. The Kier molecular flexibility index (Phi) is 5.35. The van der Waals surface area contributed by atoms with E-state index in [-0.39, 0.29) is 6.42 Å². The molecule has 0 aromatic heterocycles. The number of nitrogens with one attached hydrogen (secondary N) is 1. The fourth-order valence-electron chi connectivity index (χ4n) is 1.62. The highest BCUT2D eigenvalue weighted by atomic mass is 32.2. The first-order chi connectivity index (χ1) is 9.58. The molecular formula is C12H14F3NO4S. The number of hydrogen-bond acceptors (Lipinski definition) is 3. The number of carboxylic acid groups (broad SMARTS) is 1. The molecule has 1 aromatic rings. The molecule has 0 aliphatic rings. The Morgan fingerprint density at radius 1 is 1.38 bits per heavy atom. The monoisotopic (exact) mass is 325 g/mol. The minimum Gasteiger partial charge on any atom is -0.480 e. The molecule has 1 atom stereocenters. The van der Waals surface area contributed by atoms with Gasteiger partial charge in [-0.05, 0) is 24.6 Å². The van der Waals surface area contributed by atoms with E-state index in [0.29, 0.717) is 12.5 Å². The lowest BCUT2D eigenvalue weighted by molar-refractivity contribution is -0.139. The van der Waals surface area contributed by atoms with Crippen molar-refractivity contribution in [2.75, 3.05) is 0 Å². The van der Waals surface area contributed by atoms with E-state index < -0.39 is 38.7 Å². The summed E-state index contributed by atoms with van der Waals surface area (Å²) in [6, 6.07) is 1.75. The molecule has 0 aliphatic carbocycles. The summed E-state index contributed by atoms with van der Waals surface area (Å²) >= 11 is 0. The number of halogens is 3. The van der Waals surface area contributed by atoms with Gasteiger partial charge >= 0.3 is 12.1 Å². The van der Waals surface area contributed by atoms with Gasteiger partial charge in [0.2, 0.25) is 10.0 Å². The Hall–Kier alpha value is -1.61. The van der Waals surface area contributed by atoms with E-state index in [2.05, 4.69) is 0 Å². The normalized spacial score (nSPS) is 13.9. The molecule has 0 radical (unpaired) electrons. The van der Waals surface area contributed by atoms with Crippen molar-refractivity contribution < 1.29 is 31.5 Å². The van der Waals surface area contributed by atoms with Gasteiger partial charge in [-0.2, -0.15) is 17.9 Å². The lowest BCUT2D eigenvalue weighted by Gasteiger charge is -2.15. The second-order valence-corrected chi connectivity index (χ2v) is 6.04. The number of carboxylic acids is 1. The van der Waals surface area contributed by atoms with Crippen LogP contribution in [0.4, 0.5) is 13.2 Å². The predicted octanol–water partition coefficient (Wildman–Crippen LogP) is 2.24. The van der Waals surface area contributed by atoms with E-state index in [1.165, 1.54) is 0 Å². The van der Waals surface area contributed by atoms with Gasteiger partial charge < -0.3 is 5.11 Å². The van der Waals surface area contributed by atoms with Gasteiger partial charge in [-0.1, -0.05) is 19.4 Å². The Morgan fingerprint density at radius 3 is 2.48 bits per heavy atom. The zero-order chi connectivity index (χ0) is 16.3. The molecule has 2 N–H and O–H groups in total. The maximum atomic E-state index is 12.6. The van der Waals surface area contributed by atoms with Gasteiger partial charge in [-0.25, -0.2) is 8.42 Å². The van der Waals surface area contributed by atoms with Gasteiger partial charge in [0.1, 0.15) is 6.04 Å². The average Bonchev–Trinajstić information content (AvgIpc) is 2.37. The topological polar surface area (TPSA) is 83.5 Å². The van der Waals surface area contributed by atoms with Crippen molar-refractivity contribution in [2.45, 2.75) is 36.9 Å². The number of alkyl halides is 3. The van der Waals surface area contributed by atoms with Crippen LogP contribution in [0.3, 0.4) is 0 Å². The van der Waals surface area contributed by atoms with E-state index in [1.807, 2.05) is 4.72 Å². The molecule has 0 bridgehead atoms. The third kappa shape index (κ3) is 4.71. The average molecular weight is 325 g/mol. The van der Waals surface area contributed by atoms with E-state index in [0.717, 1.165) is 18.2 Å². The maximum Gasteiger partial charge on any atom is 0.416 e. The van der Waals surface area contributed by atoms with Crippen LogP contribution >= 0.6 is 0 Å². The molecule has 0 saturated carbocycles. The summed E-state index contributed by atoms with van der Waals surface area (Å²) in [7, 11) is -4.34. The fraction of sp³-hybridized carbons (Fsp3) is 0.417. The van der Waals surface area contributed by atoms with E-state index in [9.17, 15) is 26.4 Å². The Balaban J connectivity index is 3.11. The van der Waals surface area contributed by atoms with Crippen LogP contribution < -0.4 is 4.72 Å². The van der Waals surface area contributed by atoms with Crippen LogP contribution in [0, 0.1) is 0 Å². The predicted molar refractivity (Wildman–Crippen MR) is 68.1 cm³/mol. The van der Waals surface area contributed by atoms with Crippen molar-refractivity contribution in [3.8, 4) is 0 Å². The van der Waals surface area contributed by atoms with Gasteiger partial charge in [-0.15, -0.1) is 0 Å². The van der Waals surface area contributed by atoms with E-state index in [4.69, 9.17) is 5.11 Å². The molecule has 5 nitrogen and oxygen atoms in total. The van der Waals surface area contributed by atoms with Crippen molar-refractivity contribution in [1.82, 2.24) is 4.72 Å². The second-order valence-electron chi connectivity index (χ2n) is 4.33. The summed E-state index contributed by atoms with van der Waals surface area (Å²) in [5.41, 5.74) is -1.12. The SMILES string of the molecule is CCC[C@H](NS(=O)(=O)c1cccc(C(F)(F)F)c1)C(=O)O. The molecular weight excluding hydrogens is 311 g/mol. The standard InChI is InChI=1S/C12H14F3NO4S/c1-2-4-10(11(17)18)16-21(19,20)9-6-3-5-8(7-9)12(13,14)15/h3,5-7,10,16H,2,4H2,1H3,(H,17,18)/t10-/m0/s1. The summed E-state index contributed by atoms with van der Waals surface area (Å²) in [5, 5.41) is 8.89. The van der Waals surface area contributed by atoms with Crippen molar-refractivity contribution >= 4 is 16.0 Å². The van der Waals surface area contributed by atoms with Crippen molar-refractivity contribution in [3.05, 3.63) is 29.8 Å². The van der Waals surface area contributed by atoms with Crippen molar-refractivity contribution in [1.29, 1.82) is 0 Å². The molecule has 0 heterocycles. The number of hydrogen-bond donors (Lipinski definition) is 2. The minimum absolute atomic E-state index is 0.0352. The minimum atomic E-state index is -4.68. The largest absolute Gasteiger partial charge is 0.480 e. The first-order valence-corrected chi connectivity index (χ1v) is 7.48. The van der Waals surface area contributed by atoms with Crippen LogP contribution in [-0.2, 0) is 21.0 Å². The maximum absolute atomic E-state index is 12.6. The lowest BCUT2D eigenvalue weighted by Crippen LogP contribution is -2.40. The molecule has 0 unspecified atom stereocenters. The Bertz CT molecular complexity index is 613. The molecule has 0 aliphatic heterocycles. The number of benzene rings is 1. The molecule has 1 aromatic carbocycles. The zero-order valence-corrected chi connectivity index (χ0v) is 11.8. The highest BCUT2D eigenvalue weighted by Gasteiger charge is 2.32. The molecule has 21 heavy (non-hydrogen) atoms. The summed E-state index contributed by atoms with van der Waals surface area (Å²) in [6.07, 6.45) is -4.24. The number of sulfonamides is 1. The van der Waals surface area contributed by atoms with Crippen LogP contribution in [0.25, 0.3) is 0 Å². The van der Waals surface area contributed by atoms with Crippen LogP contribution in [0.2, 0.25) is 0 Å². The smallest absolute Gasteiger partial charge is 0.416 e. The van der Waals surface area contributed by atoms with Gasteiger partial charge in [-0.3, -0.25) is 4.79 Å². The third-order valence-corrected chi connectivity index (χ3v) is 4.11. The number of carbonyl (C=O) groups is 1. The first-order valence-electron chi connectivity index (χ1n) is 6.00. The summed E-state index contributed by atoms with van der Waals surface area (Å²) < 4.78 is 63.5. The molecule has 118 valence electrons. The lowest BCUT2D eigenvalue weighted by atomic mass is 10.2. The highest BCUT2D eigenvalue weighted by Crippen LogP contribution is 2.30. The van der Waals surface area contributed by atoms with Gasteiger partial charge in [0.25, 0.3) is 0 Å². The molecule has 0 saturated heterocycles. The number of aliphatic carboxylic acids is 1. The van der Waals surface area contributed by atoms with Gasteiger partial charge in [0, 0.05) is 0 Å². The summed E-state index contributed by atoms with van der Waals surface area (Å²) in [5.74, 6) is -1.38. The second kappa shape index (κ2) is 6.44. The van der Waals surface area contributed by atoms with Crippen LogP contribution in [0.15, 0.2) is 29.2 Å². The molecule has 1 rings (SSSR count). The van der Waals surface area contributed by atoms with Crippen molar-refractivity contribution in [3.63, 3.8) is 0 Å². The highest BCUT2D eigenvalue weighted by molar-refractivity contribution is 7.89. The van der Waals surface area contributed by atoms with Crippen molar-refractivity contribution in [2.24, 2.45) is 0 Å². The zero-order valence-electron chi connectivity index (χ0n) is 11.0. The Morgan fingerprint density at radius 2 is 2.00 bits per heavy atom. The van der Waals surface area contributed by atoms with Gasteiger partial charge in [0.15, 0.2) is 0 Å². The van der Waals surface area contributed by atoms with Crippen LogP contribution in [0.5, 0.6) is 0 Å². The fourth-order valence-corrected chi connectivity index (χ4v) is 2.89. The third-order valence-electron chi connectivity index (χ3n) is 2.64. The molecule has 0 spiro atoms.